The summed E-state index contributed by atoms with van der Waals surface area (Å²) < 4.78 is 7.23. The molecule has 6 nitrogen and oxygen atoms in total. The average molecular weight is 308 g/mol. The lowest BCUT2D eigenvalue weighted by atomic mass is 10.2. The topological polar surface area (TPSA) is 69.0 Å². The quantitative estimate of drug-likeness (QED) is 0.942. The first-order valence-corrected chi connectivity index (χ1v) is 7.66. The molecule has 1 N–H and O–H groups in total. The Morgan fingerprint density at radius 3 is 2.90 bits per heavy atom. The Labute approximate surface area is 128 Å². The Morgan fingerprint density at radius 1 is 1.52 bits per heavy atom. The number of rotatable bonds is 4. The minimum atomic E-state index is -0.509. The molecule has 0 aromatic carbocycles. The minimum absolute atomic E-state index is 0.194. The van der Waals surface area contributed by atoms with Gasteiger partial charge in [0.1, 0.15) is 5.60 Å². The molecule has 2 rings (SSSR count). The van der Waals surface area contributed by atoms with E-state index in [1.807, 2.05) is 37.6 Å². The molecule has 1 amide bonds. The third-order valence-corrected chi connectivity index (χ3v) is 3.37. The highest BCUT2D eigenvalue weighted by Gasteiger charge is 2.20. The monoisotopic (exact) mass is 308 g/mol. The van der Waals surface area contributed by atoms with Crippen LogP contribution in [0, 0.1) is 0 Å². The molecule has 1 unspecified atom stereocenters. The van der Waals surface area contributed by atoms with Crippen LogP contribution in [-0.4, -0.2) is 26.2 Å². The number of alkyl carbamates (subject to hydrolysis) is 1. The molecule has 0 saturated heterocycles. The summed E-state index contributed by atoms with van der Waals surface area (Å²) in [5.74, 6) is 0. The largest absolute Gasteiger partial charge is 0.444 e. The molecule has 2 aromatic heterocycles. The van der Waals surface area contributed by atoms with E-state index in [0.717, 1.165) is 11.4 Å². The molecule has 0 aliphatic carbocycles. The molecular weight excluding hydrogens is 288 g/mol. The number of carbonyl (C=O) groups excluding carboxylic acids is 1. The summed E-state index contributed by atoms with van der Waals surface area (Å²) in [7, 11) is 0. The van der Waals surface area contributed by atoms with E-state index in [0.29, 0.717) is 6.54 Å². The Kier molecular flexibility index (Phi) is 4.62. The molecule has 1 atom stereocenters. The molecule has 0 saturated carbocycles. The van der Waals surface area contributed by atoms with E-state index in [1.54, 1.807) is 29.4 Å². The van der Waals surface area contributed by atoms with Crippen LogP contribution in [0.1, 0.15) is 45.1 Å². The molecule has 21 heavy (non-hydrogen) atoms. The summed E-state index contributed by atoms with van der Waals surface area (Å²) in [5.41, 5.74) is 3.18. The number of thiazole rings is 1. The lowest BCUT2D eigenvalue weighted by molar-refractivity contribution is 0.0506. The number of aromatic nitrogens is 3. The summed E-state index contributed by atoms with van der Waals surface area (Å²) in [4.78, 5) is 20.2. The number of hydrogen-bond acceptors (Lipinski definition) is 5. The van der Waals surface area contributed by atoms with Crippen LogP contribution in [0.2, 0.25) is 0 Å². The van der Waals surface area contributed by atoms with Crippen LogP contribution >= 0.6 is 11.3 Å². The van der Waals surface area contributed by atoms with Crippen molar-refractivity contribution in [3.63, 3.8) is 0 Å². The first-order chi connectivity index (χ1) is 9.85. The van der Waals surface area contributed by atoms with Crippen molar-refractivity contribution < 1.29 is 9.53 Å². The highest BCUT2D eigenvalue weighted by molar-refractivity contribution is 7.07. The van der Waals surface area contributed by atoms with Crippen molar-refractivity contribution in [1.29, 1.82) is 0 Å². The van der Waals surface area contributed by atoms with Crippen LogP contribution in [0.15, 0.2) is 23.4 Å². The molecule has 114 valence electrons. The van der Waals surface area contributed by atoms with Gasteiger partial charge in [0.05, 0.1) is 42.0 Å². The van der Waals surface area contributed by atoms with E-state index in [9.17, 15) is 4.79 Å². The van der Waals surface area contributed by atoms with E-state index in [2.05, 4.69) is 15.3 Å². The van der Waals surface area contributed by atoms with E-state index < -0.39 is 11.7 Å². The molecule has 0 radical (unpaired) electrons. The lowest BCUT2D eigenvalue weighted by Gasteiger charge is -2.22. The van der Waals surface area contributed by atoms with Crippen molar-refractivity contribution in [2.45, 2.75) is 45.9 Å². The highest BCUT2D eigenvalue weighted by atomic mass is 32.1. The van der Waals surface area contributed by atoms with Crippen LogP contribution < -0.4 is 5.32 Å². The van der Waals surface area contributed by atoms with Crippen LogP contribution in [0.3, 0.4) is 0 Å². The molecule has 0 fully saturated rings. The normalized spacial score (nSPS) is 13.0. The number of amides is 1. The zero-order valence-corrected chi connectivity index (χ0v) is 13.5. The number of nitrogens with zero attached hydrogens (tertiary/aromatic N) is 3. The average Bonchev–Trinajstić information content (AvgIpc) is 2.97. The summed E-state index contributed by atoms with van der Waals surface area (Å²) in [5, 5.41) is 4.81. The predicted octanol–water partition coefficient (Wildman–Crippen LogP) is 2.97. The fourth-order valence-electron chi connectivity index (χ4n) is 1.87. The number of imidazole rings is 1. The molecule has 7 heteroatoms. The van der Waals surface area contributed by atoms with Crippen molar-refractivity contribution in [2.24, 2.45) is 0 Å². The fourth-order valence-corrected chi connectivity index (χ4v) is 2.42. The first-order valence-electron chi connectivity index (χ1n) is 6.72. The zero-order valence-electron chi connectivity index (χ0n) is 12.7. The van der Waals surface area contributed by atoms with Crippen molar-refractivity contribution in [2.75, 3.05) is 0 Å². The van der Waals surface area contributed by atoms with Gasteiger partial charge in [-0.3, -0.25) is 0 Å². The number of hydrogen-bond donors (Lipinski definition) is 1. The first kappa shape index (κ1) is 15.5. The molecule has 0 bridgehead atoms. The second-order valence-electron chi connectivity index (χ2n) is 5.79. The van der Waals surface area contributed by atoms with E-state index in [4.69, 9.17) is 4.74 Å². The van der Waals surface area contributed by atoms with Gasteiger partial charge in [-0.15, -0.1) is 11.3 Å². The van der Waals surface area contributed by atoms with Crippen molar-refractivity contribution in [1.82, 2.24) is 19.9 Å². The van der Waals surface area contributed by atoms with Crippen molar-refractivity contribution in [3.05, 3.63) is 34.8 Å². The highest BCUT2D eigenvalue weighted by Crippen LogP contribution is 2.15. The van der Waals surface area contributed by atoms with Gasteiger partial charge in [0.25, 0.3) is 0 Å². The second kappa shape index (κ2) is 6.26. The van der Waals surface area contributed by atoms with Crippen LogP contribution in [0.25, 0.3) is 0 Å². The van der Waals surface area contributed by atoms with Crippen LogP contribution in [0.4, 0.5) is 4.79 Å². The van der Waals surface area contributed by atoms with Crippen LogP contribution in [-0.2, 0) is 11.3 Å². The third kappa shape index (κ3) is 4.56. The fraction of sp³-hybridized carbons (Fsp3) is 0.500. The molecular formula is C14H20N4O2S. The van der Waals surface area contributed by atoms with Crippen molar-refractivity contribution >= 4 is 17.4 Å². The summed E-state index contributed by atoms with van der Waals surface area (Å²) in [6.45, 7) is 8.05. The van der Waals surface area contributed by atoms with E-state index in [1.165, 1.54) is 0 Å². The Bertz CT molecular complexity index is 586. The molecule has 2 heterocycles. The van der Waals surface area contributed by atoms with E-state index >= 15 is 0 Å². The summed E-state index contributed by atoms with van der Waals surface area (Å²) in [6.07, 6.45) is 3.05. The second-order valence-corrected chi connectivity index (χ2v) is 6.51. The third-order valence-electron chi connectivity index (χ3n) is 2.74. The lowest BCUT2D eigenvalue weighted by Crippen LogP contribution is -2.34. The smallest absolute Gasteiger partial charge is 0.408 e. The Morgan fingerprint density at radius 2 is 2.29 bits per heavy atom. The van der Waals surface area contributed by atoms with Gasteiger partial charge in [-0.25, -0.2) is 14.8 Å². The Hall–Kier alpha value is -1.89. The SMILES string of the molecule is CC(NC(=O)OC(C)(C)C)c1cncn1Cc1cscn1. The van der Waals surface area contributed by atoms with Crippen LogP contribution in [0.5, 0.6) is 0 Å². The van der Waals surface area contributed by atoms with Crippen molar-refractivity contribution in [3.8, 4) is 0 Å². The summed E-state index contributed by atoms with van der Waals surface area (Å²) in [6, 6.07) is -0.194. The minimum Gasteiger partial charge on any atom is -0.444 e. The maximum atomic E-state index is 11.8. The van der Waals surface area contributed by atoms with E-state index in [-0.39, 0.29) is 6.04 Å². The molecule has 2 aromatic rings. The van der Waals surface area contributed by atoms with Gasteiger partial charge in [-0.1, -0.05) is 0 Å². The van der Waals surface area contributed by atoms with Gasteiger partial charge in [0.15, 0.2) is 0 Å². The van der Waals surface area contributed by atoms with Gasteiger partial charge in [0.2, 0.25) is 0 Å². The predicted molar refractivity (Wildman–Crippen MR) is 81.2 cm³/mol. The maximum absolute atomic E-state index is 11.8. The standard InChI is InChI=1S/C14H20N4O2S/c1-10(17-13(19)20-14(2,3)4)12-5-15-8-18(12)6-11-7-21-9-16-11/h5,7-10H,6H2,1-4H3,(H,17,19). The zero-order chi connectivity index (χ0) is 15.5. The summed E-state index contributed by atoms with van der Waals surface area (Å²) >= 11 is 1.56. The molecule has 0 spiro atoms. The van der Waals surface area contributed by atoms with Gasteiger partial charge in [-0.2, -0.15) is 0 Å². The maximum Gasteiger partial charge on any atom is 0.408 e. The van der Waals surface area contributed by atoms with Gasteiger partial charge in [-0.05, 0) is 27.7 Å². The molecule has 0 aliphatic rings. The van der Waals surface area contributed by atoms with Gasteiger partial charge in [0, 0.05) is 5.38 Å². The van der Waals surface area contributed by atoms with Gasteiger partial charge < -0.3 is 14.6 Å². The number of nitrogens with one attached hydrogen (secondary N) is 1. The Balaban J connectivity index is 2.01. The number of ether oxygens (including phenoxy) is 1. The number of carbonyl (C=O) groups is 1. The molecule has 0 aliphatic heterocycles. The van der Waals surface area contributed by atoms with Gasteiger partial charge >= 0.3 is 6.09 Å².